The van der Waals surface area contributed by atoms with Gasteiger partial charge in [-0.05, 0) is 61.7 Å². The number of carbonyl (C=O) groups excluding carboxylic acids is 3. The Morgan fingerprint density at radius 1 is 1.11 bits per heavy atom. The summed E-state index contributed by atoms with van der Waals surface area (Å²) in [6.45, 7) is 9.33. The van der Waals surface area contributed by atoms with Crippen LogP contribution in [0.3, 0.4) is 0 Å². The third-order valence-corrected chi connectivity index (χ3v) is 7.26. The van der Waals surface area contributed by atoms with Crippen LogP contribution in [0, 0.1) is 0 Å². The number of quaternary nitrogens is 1. The largest absolute Gasteiger partial charge is 0.872 e. The van der Waals surface area contributed by atoms with E-state index in [9.17, 15) is 19.5 Å². The summed E-state index contributed by atoms with van der Waals surface area (Å²) in [5.74, 6) is -1.65. The van der Waals surface area contributed by atoms with Gasteiger partial charge in [0.1, 0.15) is 11.9 Å². The van der Waals surface area contributed by atoms with E-state index in [0.29, 0.717) is 36.1 Å². The van der Waals surface area contributed by atoms with Crippen molar-refractivity contribution in [1.82, 2.24) is 4.90 Å². The van der Waals surface area contributed by atoms with Crippen LogP contribution in [0.2, 0.25) is 0 Å². The van der Waals surface area contributed by atoms with Crippen molar-refractivity contribution in [2.45, 2.75) is 45.8 Å². The Kier molecular flexibility index (Phi) is 7.97. The van der Waals surface area contributed by atoms with Gasteiger partial charge >= 0.3 is 5.97 Å². The fraction of sp³-hybridized carbons (Fsp3) is 0.414. The zero-order chi connectivity index (χ0) is 26.7. The van der Waals surface area contributed by atoms with Gasteiger partial charge in [-0.3, -0.25) is 9.59 Å². The van der Waals surface area contributed by atoms with Gasteiger partial charge in [0.15, 0.2) is 0 Å². The van der Waals surface area contributed by atoms with Crippen molar-refractivity contribution in [3.8, 4) is 5.75 Å². The number of nitrogens with one attached hydrogen (secondary N) is 1. The van der Waals surface area contributed by atoms with Crippen LogP contribution in [0.5, 0.6) is 5.75 Å². The van der Waals surface area contributed by atoms with Crippen LogP contribution in [-0.4, -0.2) is 62.0 Å². The topological polar surface area (TPSA) is 100 Å². The third-order valence-electron chi connectivity index (χ3n) is 7.26. The number of amides is 1. The number of Topliss-reactive ketones (excluding diaryl/α,β-unsaturated/α-hetero) is 1. The maximum atomic E-state index is 13.8. The quantitative estimate of drug-likeness (QED) is 0.238. The molecule has 1 saturated heterocycles. The maximum Gasteiger partial charge on any atom is 0.337 e. The van der Waals surface area contributed by atoms with Gasteiger partial charge in [0.05, 0.1) is 38.3 Å². The Hall–Kier alpha value is -3.65. The highest BCUT2D eigenvalue weighted by Gasteiger charge is 2.44. The summed E-state index contributed by atoms with van der Waals surface area (Å²) in [6.07, 6.45) is 1.39. The normalized spacial score (nSPS) is 20.3. The summed E-state index contributed by atoms with van der Waals surface area (Å²) in [5.41, 5.74) is 2.16. The Morgan fingerprint density at radius 3 is 2.43 bits per heavy atom. The Balaban J connectivity index is 1.74. The SMILES string of the molecule is CC[NH+](CC)CCCN1C(=O)C(=O)C(=C([O-])c2ccc3c(c2)CC(C)O3)C1c1ccc(C(=O)OC)cc1. The molecule has 2 aromatic rings. The highest BCUT2D eigenvalue weighted by Crippen LogP contribution is 2.40. The van der Waals surface area contributed by atoms with Crippen molar-refractivity contribution in [3.63, 3.8) is 0 Å². The van der Waals surface area contributed by atoms with Gasteiger partial charge < -0.3 is 24.4 Å². The molecular weight excluding hydrogens is 472 g/mol. The zero-order valence-electron chi connectivity index (χ0n) is 21.8. The highest BCUT2D eigenvalue weighted by molar-refractivity contribution is 6.46. The molecular formula is C29H34N2O6. The zero-order valence-corrected chi connectivity index (χ0v) is 21.8. The molecule has 1 fully saturated rings. The van der Waals surface area contributed by atoms with Crippen LogP contribution in [0.25, 0.3) is 5.76 Å². The van der Waals surface area contributed by atoms with E-state index in [2.05, 4.69) is 13.8 Å². The number of carbonyl (C=O) groups is 3. The van der Waals surface area contributed by atoms with Crippen LogP contribution in [0.15, 0.2) is 48.0 Å². The van der Waals surface area contributed by atoms with Crippen molar-refractivity contribution >= 4 is 23.4 Å². The Morgan fingerprint density at radius 2 is 1.78 bits per heavy atom. The summed E-state index contributed by atoms with van der Waals surface area (Å²) >= 11 is 0. The van der Waals surface area contributed by atoms with E-state index in [1.165, 1.54) is 16.9 Å². The van der Waals surface area contributed by atoms with Gasteiger partial charge in [0.2, 0.25) is 5.78 Å². The number of ketones is 1. The van der Waals surface area contributed by atoms with Gasteiger partial charge in [-0.15, -0.1) is 0 Å². The minimum atomic E-state index is -0.825. The molecule has 0 aliphatic carbocycles. The molecule has 1 N–H and O–H groups in total. The predicted octanol–water partition coefficient (Wildman–Crippen LogP) is 1.34. The van der Waals surface area contributed by atoms with Crippen LogP contribution < -0.4 is 14.7 Å². The van der Waals surface area contributed by atoms with Gasteiger partial charge in [-0.25, -0.2) is 4.79 Å². The number of esters is 1. The lowest BCUT2D eigenvalue weighted by Gasteiger charge is -2.28. The third kappa shape index (κ3) is 5.25. The van der Waals surface area contributed by atoms with Crippen molar-refractivity contribution in [3.05, 3.63) is 70.3 Å². The molecule has 2 aromatic carbocycles. The van der Waals surface area contributed by atoms with Crippen LogP contribution >= 0.6 is 0 Å². The minimum Gasteiger partial charge on any atom is -0.872 e. The second kappa shape index (κ2) is 11.2. The summed E-state index contributed by atoms with van der Waals surface area (Å²) in [4.78, 5) is 41.3. The Bertz CT molecular complexity index is 1220. The Labute approximate surface area is 217 Å². The van der Waals surface area contributed by atoms with Crippen molar-refractivity contribution in [2.24, 2.45) is 0 Å². The average Bonchev–Trinajstić information content (AvgIpc) is 3.41. The van der Waals surface area contributed by atoms with Gasteiger partial charge in [0, 0.05) is 25.0 Å². The smallest absolute Gasteiger partial charge is 0.337 e. The van der Waals surface area contributed by atoms with E-state index < -0.39 is 29.5 Å². The number of hydrogen-bond donors (Lipinski definition) is 1. The molecule has 2 aliphatic heterocycles. The number of benzene rings is 2. The summed E-state index contributed by atoms with van der Waals surface area (Å²) in [5, 5.41) is 13.8. The molecule has 2 unspecified atom stereocenters. The first-order valence-electron chi connectivity index (χ1n) is 12.9. The molecule has 8 heteroatoms. The van der Waals surface area contributed by atoms with E-state index in [0.717, 1.165) is 30.9 Å². The molecule has 2 atom stereocenters. The van der Waals surface area contributed by atoms with Crippen molar-refractivity contribution < 1.29 is 33.9 Å². The minimum absolute atomic E-state index is 0.0206. The number of hydrogen-bond acceptors (Lipinski definition) is 6. The molecule has 37 heavy (non-hydrogen) atoms. The molecule has 4 rings (SSSR count). The highest BCUT2D eigenvalue weighted by atomic mass is 16.5. The first kappa shape index (κ1) is 26.4. The van der Waals surface area contributed by atoms with Crippen molar-refractivity contribution in [1.29, 1.82) is 0 Å². The maximum absolute atomic E-state index is 13.8. The van der Waals surface area contributed by atoms with Crippen molar-refractivity contribution in [2.75, 3.05) is 33.3 Å². The number of rotatable bonds is 9. The van der Waals surface area contributed by atoms with E-state index in [4.69, 9.17) is 9.47 Å². The molecule has 2 heterocycles. The molecule has 0 spiro atoms. The van der Waals surface area contributed by atoms with Gasteiger partial charge in [-0.2, -0.15) is 0 Å². The van der Waals surface area contributed by atoms with E-state index in [1.54, 1.807) is 42.5 Å². The fourth-order valence-electron chi connectivity index (χ4n) is 5.19. The predicted molar refractivity (Wildman–Crippen MR) is 136 cm³/mol. The first-order chi connectivity index (χ1) is 17.8. The van der Waals surface area contributed by atoms with Crippen LogP contribution in [0.4, 0.5) is 0 Å². The number of nitrogens with zero attached hydrogens (tertiary/aromatic N) is 1. The number of fused-ring (bicyclic) bond motifs is 1. The van der Waals surface area contributed by atoms with Gasteiger partial charge in [-0.1, -0.05) is 24.0 Å². The van der Waals surface area contributed by atoms with E-state index in [1.807, 2.05) is 6.92 Å². The molecule has 0 radical (unpaired) electrons. The summed E-state index contributed by atoms with van der Waals surface area (Å²) in [6, 6.07) is 10.9. The van der Waals surface area contributed by atoms with Gasteiger partial charge in [0.25, 0.3) is 5.91 Å². The molecule has 0 bridgehead atoms. The molecule has 2 aliphatic rings. The molecule has 0 saturated carbocycles. The molecule has 8 nitrogen and oxygen atoms in total. The lowest BCUT2D eigenvalue weighted by atomic mass is 9.94. The fourth-order valence-corrected chi connectivity index (χ4v) is 5.19. The number of methoxy groups -OCH3 is 1. The first-order valence-corrected chi connectivity index (χ1v) is 12.9. The lowest BCUT2D eigenvalue weighted by molar-refractivity contribution is -0.896. The average molecular weight is 507 g/mol. The molecule has 196 valence electrons. The van der Waals surface area contributed by atoms with Crippen LogP contribution in [0.1, 0.15) is 60.3 Å². The van der Waals surface area contributed by atoms with E-state index in [-0.39, 0.29) is 11.7 Å². The summed E-state index contributed by atoms with van der Waals surface area (Å²) in [7, 11) is 1.30. The standard InChI is InChI=1S/C29H34N2O6/c1-5-30(6-2)14-7-15-31-25(19-8-10-20(11-9-19)29(35)36-4)24(27(33)28(31)34)26(32)21-12-13-23-22(17-21)16-18(3)37-23/h8-13,17-18,25,32H,5-7,14-16H2,1-4H3. The summed E-state index contributed by atoms with van der Waals surface area (Å²) < 4.78 is 10.5. The molecule has 0 aromatic heterocycles. The molecule has 1 amide bonds. The second-order valence-electron chi connectivity index (χ2n) is 9.60. The second-order valence-corrected chi connectivity index (χ2v) is 9.60. The van der Waals surface area contributed by atoms with E-state index >= 15 is 0 Å². The monoisotopic (exact) mass is 506 g/mol. The number of likely N-dealkylation sites (tertiary alicyclic amines) is 1. The number of ether oxygens (including phenoxy) is 2. The lowest BCUT2D eigenvalue weighted by Crippen LogP contribution is -3.11. The van der Waals surface area contributed by atoms with Crippen LogP contribution in [-0.2, 0) is 20.7 Å².